The lowest BCUT2D eigenvalue weighted by atomic mass is 9.80. The molecule has 2 aromatic rings. The molecule has 162 valence electrons. The molecule has 0 aliphatic carbocycles. The van der Waals surface area contributed by atoms with Gasteiger partial charge in [-0.1, -0.05) is 36.4 Å². The number of piperidine rings is 3. The van der Waals surface area contributed by atoms with Gasteiger partial charge < -0.3 is 14.7 Å². The van der Waals surface area contributed by atoms with Crippen molar-refractivity contribution in [2.24, 2.45) is 5.92 Å². The lowest BCUT2D eigenvalue weighted by Gasteiger charge is -2.52. The first kappa shape index (κ1) is 21.2. The van der Waals surface area contributed by atoms with E-state index in [0.29, 0.717) is 11.7 Å². The Morgan fingerprint density at radius 1 is 1.13 bits per heavy atom. The molecular weight excluding hydrogens is 390 g/mol. The predicted octanol–water partition coefficient (Wildman–Crippen LogP) is 4.57. The monoisotopic (exact) mass is 419 g/mol. The molecule has 1 unspecified atom stereocenters. The van der Waals surface area contributed by atoms with Crippen LogP contribution in [0.3, 0.4) is 0 Å². The number of hydrogen-bond donors (Lipinski definition) is 1. The van der Waals surface area contributed by atoms with Crippen LogP contribution < -0.4 is 4.74 Å². The molecule has 3 heterocycles. The van der Waals surface area contributed by atoms with Gasteiger partial charge in [0.2, 0.25) is 0 Å². The first-order chi connectivity index (χ1) is 14.9. The van der Waals surface area contributed by atoms with Gasteiger partial charge in [0.1, 0.15) is 11.8 Å². The van der Waals surface area contributed by atoms with E-state index in [9.17, 15) is 9.90 Å². The maximum absolute atomic E-state index is 12.4. The van der Waals surface area contributed by atoms with Crippen LogP contribution in [0.2, 0.25) is 0 Å². The summed E-state index contributed by atoms with van der Waals surface area (Å²) >= 11 is 0. The molecule has 3 aliphatic rings. The van der Waals surface area contributed by atoms with Crippen LogP contribution in [-0.2, 0) is 5.54 Å². The summed E-state index contributed by atoms with van der Waals surface area (Å²) in [6.45, 7) is 7.06. The molecule has 5 rings (SSSR count). The molecule has 3 aliphatic heterocycles. The normalized spacial score (nSPS) is 22.5. The highest BCUT2D eigenvalue weighted by molar-refractivity contribution is 5.68. The Bertz CT molecular complexity index is 955. The summed E-state index contributed by atoms with van der Waals surface area (Å²) in [4.78, 5) is 16.5. The molecule has 1 atom stereocenters. The number of amides is 1. The molecule has 0 spiro atoms. The molecule has 0 radical (unpaired) electrons. The summed E-state index contributed by atoms with van der Waals surface area (Å²) < 4.78 is 5.31. The van der Waals surface area contributed by atoms with Gasteiger partial charge in [-0.3, -0.25) is 4.90 Å². The Morgan fingerprint density at radius 3 is 2.19 bits per heavy atom. The van der Waals surface area contributed by atoms with Gasteiger partial charge in [-0.2, -0.15) is 5.26 Å². The second-order valence-electron chi connectivity index (χ2n) is 8.97. The van der Waals surface area contributed by atoms with E-state index < -0.39 is 11.6 Å². The topological polar surface area (TPSA) is 76.8 Å². The molecule has 2 aromatic carbocycles. The quantitative estimate of drug-likeness (QED) is 0.742. The maximum Gasteiger partial charge on any atom is 0.408 e. The van der Waals surface area contributed by atoms with Gasteiger partial charge in [0.25, 0.3) is 0 Å². The van der Waals surface area contributed by atoms with Gasteiger partial charge in [-0.15, -0.1) is 0 Å². The number of nitrogens with zero attached hydrogens (tertiary/aromatic N) is 3. The van der Waals surface area contributed by atoms with Crippen molar-refractivity contribution in [1.82, 2.24) is 9.80 Å². The molecule has 2 bridgehead atoms. The van der Waals surface area contributed by atoms with Gasteiger partial charge in [-0.25, -0.2) is 4.79 Å². The Balaban J connectivity index is 1.55. The minimum absolute atomic E-state index is 0.0306. The van der Waals surface area contributed by atoms with Crippen LogP contribution in [0, 0.1) is 17.2 Å². The first-order valence-corrected chi connectivity index (χ1v) is 10.9. The fourth-order valence-electron chi connectivity index (χ4n) is 5.09. The van der Waals surface area contributed by atoms with Gasteiger partial charge in [0.15, 0.2) is 6.61 Å². The third kappa shape index (κ3) is 4.24. The van der Waals surface area contributed by atoms with Crippen LogP contribution in [0.4, 0.5) is 4.79 Å². The fourth-order valence-corrected chi connectivity index (χ4v) is 5.09. The van der Waals surface area contributed by atoms with E-state index in [1.807, 2.05) is 68.4 Å². The van der Waals surface area contributed by atoms with Crippen molar-refractivity contribution in [3.63, 3.8) is 0 Å². The third-order valence-electron chi connectivity index (χ3n) is 6.84. The minimum atomic E-state index is -0.846. The zero-order valence-corrected chi connectivity index (χ0v) is 18.1. The fraction of sp³-hybridized carbons (Fsp3) is 0.440. The molecule has 3 fully saturated rings. The lowest BCUT2D eigenvalue weighted by Crippen LogP contribution is -2.62. The van der Waals surface area contributed by atoms with Crippen molar-refractivity contribution < 1.29 is 14.6 Å². The average molecular weight is 420 g/mol. The van der Waals surface area contributed by atoms with E-state index >= 15 is 0 Å². The van der Waals surface area contributed by atoms with Crippen molar-refractivity contribution in [1.29, 1.82) is 5.26 Å². The maximum atomic E-state index is 12.4. The van der Waals surface area contributed by atoms with E-state index in [4.69, 9.17) is 10.00 Å². The van der Waals surface area contributed by atoms with Crippen LogP contribution in [-0.4, -0.2) is 53.3 Å². The Labute approximate surface area is 183 Å². The van der Waals surface area contributed by atoms with Crippen molar-refractivity contribution in [2.45, 2.75) is 38.3 Å². The summed E-state index contributed by atoms with van der Waals surface area (Å²) in [5.41, 5.74) is 2.46. The highest BCUT2D eigenvalue weighted by atomic mass is 16.5. The van der Waals surface area contributed by atoms with E-state index in [0.717, 1.165) is 49.2 Å². The van der Waals surface area contributed by atoms with Gasteiger partial charge in [0, 0.05) is 6.54 Å². The van der Waals surface area contributed by atoms with Crippen LogP contribution in [0.5, 0.6) is 5.75 Å². The average Bonchev–Trinajstić information content (AvgIpc) is 2.78. The highest BCUT2D eigenvalue weighted by Crippen LogP contribution is 2.38. The number of carbonyl (C=O) groups is 1. The van der Waals surface area contributed by atoms with Crippen LogP contribution in [0.1, 0.15) is 32.3 Å². The lowest BCUT2D eigenvalue weighted by molar-refractivity contribution is -0.0289. The summed E-state index contributed by atoms with van der Waals surface area (Å²) in [6.07, 6.45) is 1.32. The number of benzene rings is 2. The Morgan fingerprint density at radius 2 is 1.71 bits per heavy atom. The van der Waals surface area contributed by atoms with Gasteiger partial charge in [-0.05, 0) is 74.5 Å². The second kappa shape index (κ2) is 8.60. The highest BCUT2D eigenvalue weighted by Gasteiger charge is 2.45. The van der Waals surface area contributed by atoms with Gasteiger partial charge >= 0.3 is 6.09 Å². The molecule has 3 saturated heterocycles. The minimum Gasteiger partial charge on any atom is -0.479 e. The van der Waals surface area contributed by atoms with Crippen molar-refractivity contribution in [3.05, 3.63) is 54.1 Å². The van der Waals surface area contributed by atoms with Crippen molar-refractivity contribution in [2.75, 3.05) is 26.2 Å². The van der Waals surface area contributed by atoms with Gasteiger partial charge in [0.05, 0.1) is 11.6 Å². The molecule has 1 amide bonds. The first-order valence-electron chi connectivity index (χ1n) is 10.9. The molecule has 1 N–H and O–H groups in total. The molecule has 0 aromatic heterocycles. The molecule has 6 nitrogen and oxygen atoms in total. The van der Waals surface area contributed by atoms with E-state index in [1.54, 1.807) is 4.90 Å². The zero-order chi connectivity index (χ0) is 22.0. The molecule has 0 saturated carbocycles. The molecule has 6 heteroatoms. The van der Waals surface area contributed by atoms with E-state index in [1.165, 1.54) is 0 Å². The van der Waals surface area contributed by atoms with Crippen molar-refractivity contribution >= 4 is 6.09 Å². The third-order valence-corrected chi connectivity index (χ3v) is 6.84. The Kier molecular flexibility index (Phi) is 5.88. The Hall–Kier alpha value is -3.04. The number of nitriles is 1. The summed E-state index contributed by atoms with van der Waals surface area (Å²) in [7, 11) is 0. The summed E-state index contributed by atoms with van der Waals surface area (Å²) in [6, 6.07) is 17.8. The number of rotatable bonds is 6. The zero-order valence-electron chi connectivity index (χ0n) is 18.1. The standard InChI is InChI=1S/C25H29N3O3/c1-25(2,28(24(29)30)23-17-27-14-11-20(23)12-15-27)21-7-3-18(4-8-21)19-5-9-22(10-6-19)31-16-13-26/h3-10,20,23H,11-12,14-17H2,1-2H3,(H,29,30). The predicted molar refractivity (Wildman–Crippen MR) is 119 cm³/mol. The smallest absolute Gasteiger partial charge is 0.408 e. The van der Waals surface area contributed by atoms with Crippen LogP contribution >= 0.6 is 0 Å². The van der Waals surface area contributed by atoms with Crippen LogP contribution in [0.25, 0.3) is 11.1 Å². The van der Waals surface area contributed by atoms with E-state index in [-0.39, 0.29) is 12.6 Å². The molecule has 31 heavy (non-hydrogen) atoms. The number of carboxylic acid groups (broad SMARTS) is 1. The number of ether oxygens (including phenoxy) is 1. The second-order valence-corrected chi connectivity index (χ2v) is 8.97. The summed E-state index contributed by atoms with van der Waals surface area (Å²) in [5.74, 6) is 1.11. The SMILES string of the molecule is CC(C)(c1ccc(-c2ccc(OCC#N)cc2)cc1)N(C(=O)O)C1CN2CCC1CC2. The number of hydrogen-bond acceptors (Lipinski definition) is 4. The largest absolute Gasteiger partial charge is 0.479 e. The number of fused-ring (bicyclic) bond motifs is 3. The van der Waals surface area contributed by atoms with Crippen LogP contribution in [0.15, 0.2) is 48.5 Å². The van der Waals surface area contributed by atoms with E-state index in [2.05, 4.69) is 4.90 Å². The molecular formula is C25H29N3O3. The summed E-state index contributed by atoms with van der Waals surface area (Å²) in [5, 5.41) is 18.8. The van der Waals surface area contributed by atoms with Crippen molar-refractivity contribution in [3.8, 4) is 22.9 Å².